The monoisotopic (exact) mass is 301 g/mol. The van der Waals surface area contributed by atoms with Gasteiger partial charge in [0.2, 0.25) is 0 Å². The Labute approximate surface area is 112 Å². The first kappa shape index (κ1) is 14.7. The third-order valence-corrected chi connectivity index (χ3v) is 3.62. The van der Waals surface area contributed by atoms with E-state index in [1.54, 1.807) is 0 Å². The SMILES string of the molecule is CCC(C)CN(CC)Cc1ccc(Br)cc1F. The maximum absolute atomic E-state index is 13.7. The van der Waals surface area contributed by atoms with Gasteiger partial charge in [-0.05, 0) is 24.6 Å². The molecule has 0 N–H and O–H groups in total. The zero-order chi connectivity index (χ0) is 12.8. The number of rotatable bonds is 6. The Hall–Kier alpha value is -0.410. The number of hydrogen-bond donors (Lipinski definition) is 0. The lowest BCUT2D eigenvalue weighted by Crippen LogP contribution is -2.28. The molecule has 1 aromatic rings. The maximum atomic E-state index is 13.7. The first-order valence-electron chi connectivity index (χ1n) is 6.23. The fourth-order valence-electron chi connectivity index (χ4n) is 1.77. The molecule has 0 spiro atoms. The van der Waals surface area contributed by atoms with Gasteiger partial charge in [0.1, 0.15) is 5.82 Å². The highest BCUT2D eigenvalue weighted by atomic mass is 79.9. The smallest absolute Gasteiger partial charge is 0.128 e. The van der Waals surface area contributed by atoms with Crippen molar-refractivity contribution in [2.24, 2.45) is 5.92 Å². The third kappa shape index (κ3) is 4.76. The van der Waals surface area contributed by atoms with Gasteiger partial charge < -0.3 is 0 Å². The average molecular weight is 302 g/mol. The van der Waals surface area contributed by atoms with Gasteiger partial charge in [-0.3, -0.25) is 4.90 Å². The number of nitrogens with zero attached hydrogens (tertiary/aromatic N) is 1. The molecule has 0 aliphatic rings. The molecule has 0 amide bonds. The zero-order valence-corrected chi connectivity index (χ0v) is 12.4. The topological polar surface area (TPSA) is 3.24 Å². The Bertz CT molecular complexity index is 354. The Morgan fingerprint density at radius 1 is 1.35 bits per heavy atom. The predicted molar refractivity (Wildman–Crippen MR) is 74.5 cm³/mol. The Balaban J connectivity index is 2.67. The van der Waals surface area contributed by atoms with E-state index in [1.807, 2.05) is 12.1 Å². The fraction of sp³-hybridized carbons (Fsp3) is 0.571. The van der Waals surface area contributed by atoms with Crippen molar-refractivity contribution in [3.63, 3.8) is 0 Å². The minimum absolute atomic E-state index is 0.123. The van der Waals surface area contributed by atoms with Gasteiger partial charge in [-0.1, -0.05) is 49.2 Å². The summed E-state index contributed by atoms with van der Waals surface area (Å²) < 4.78 is 14.5. The van der Waals surface area contributed by atoms with Crippen LogP contribution in [0.3, 0.4) is 0 Å². The molecule has 0 aliphatic carbocycles. The molecule has 1 atom stereocenters. The lowest BCUT2D eigenvalue weighted by Gasteiger charge is -2.24. The number of benzene rings is 1. The van der Waals surface area contributed by atoms with Gasteiger partial charge in [0, 0.05) is 23.1 Å². The summed E-state index contributed by atoms with van der Waals surface area (Å²) in [4.78, 5) is 2.29. The lowest BCUT2D eigenvalue weighted by molar-refractivity contribution is 0.235. The van der Waals surface area contributed by atoms with Gasteiger partial charge in [-0.2, -0.15) is 0 Å². The Morgan fingerprint density at radius 3 is 2.59 bits per heavy atom. The summed E-state index contributed by atoms with van der Waals surface area (Å²) >= 11 is 3.28. The van der Waals surface area contributed by atoms with Crippen molar-refractivity contribution >= 4 is 15.9 Å². The van der Waals surface area contributed by atoms with Gasteiger partial charge >= 0.3 is 0 Å². The van der Waals surface area contributed by atoms with E-state index in [0.29, 0.717) is 12.5 Å². The quantitative estimate of drug-likeness (QED) is 0.750. The molecular weight excluding hydrogens is 281 g/mol. The fourth-order valence-corrected chi connectivity index (χ4v) is 2.10. The highest BCUT2D eigenvalue weighted by molar-refractivity contribution is 9.10. The van der Waals surface area contributed by atoms with Gasteiger partial charge in [-0.15, -0.1) is 0 Å². The van der Waals surface area contributed by atoms with Crippen LogP contribution in [0.1, 0.15) is 32.8 Å². The minimum atomic E-state index is -0.123. The first-order valence-corrected chi connectivity index (χ1v) is 7.02. The van der Waals surface area contributed by atoms with Gasteiger partial charge in [0.05, 0.1) is 0 Å². The van der Waals surface area contributed by atoms with Crippen LogP contribution in [0, 0.1) is 11.7 Å². The van der Waals surface area contributed by atoms with Gasteiger partial charge in [0.25, 0.3) is 0 Å². The molecule has 1 aromatic carbocycles. The summed E-state index contributed by atoms with van der Waals surface area (Å²) in [6.45, 7) is 9.24. The normalized spacial score (nSPS) is 13.1. The van der Waals surface area contributed by atoms with Crippen LogP contribution in [0.5, 0.6) is 0 Å². The number of halogens is 2. The first-order chi connectivity index (χ1) is 8.06. The van der Waals surface area contributed by atoms with Crippen molar-refractivity contribution in [1.82, 2.24) is 4.90 Å². The molecule has 1 unspecified atom stereocenters. The summed E-state index contributed by atoms with van der Waals surface area (Å²) in [5.41, 5.74) is 0.776. The van der Waals surface area contributed by atoms with Crippen LogP contribution in [0.2, 0.25) is 0 Å². The van der Waals surface area contributed by atoms with E-state index in [2.05, 4.69) is 41.6 Å². The molecule has 0 heterocycles. The minimum Gasteiger partial charge on any atom is -0.299 e. The van der Waals surface area contributed by atoms with Crippen LogP contribution in [0.15, 0.2) is 22.7 Å². The van der Waals surface area contributed by atoms with Gasteiger partial charge in [0.15, 0.2) is 0 Å². The molecule has 0 bridgehead atoms. The van der Waals surface area contributed by atoms with E-state index in [4.69, 9.17) is 0 Å². The third-order valence-electron chi connectivity index (χ3n) is 3.12. The van der Waals surface area contributed by atoms with Crippen molar-refractivity contribution in [1.29, 1.82) is 0 Å². The molecule has 1 nitrogen and oxygen atoms in total. The van der Waals surface area contributed by atoms with E-state index in [0.717, 1.165) is 23.1 Å². The summed E-state index contributed by atoms with van der Waals surface area (Å²) in [6, 6.07) is 5.29. The van der Waals surface area contributed by atoms with Crippen LogP contribution >= 0.6 is 15.9 Å². The van der Waals surface area contributed by atoms with E-state index in [1.165, 1.54) is 12.5 Å². The molecule has 0 radical (unpaired) electrons. The van der Waals surface area contributed by atoms with Crippen molar-refractivity contribution in [3.8, 4) is 0 Å². The molecule has 1 rings (SSSR count). The predicted octanol–water partition coefficient (Wildman–Crippen LogP) is 4.46. The summed E-state index contributed by atoms with van der Waals surface area (Å²) in [5.74, 6) is 0.537. The van der Waals surface area contributed by atoms with E-state index >= 15 is 0 Å². The summed E-state index contributed by atoms with van der Waals surface area (Å²) in [5, 5.41) is 0. The summed E-state index contributed by atoms with van der Waals surface area (Å²) in [7, 11) is 0. The molecule has 0 saturated carbocycles. The van der Waals surface area contributed by atoms with E-state index in [-0.39, 0.29) is 5.82 Å². The molecule has 0 saturated heterocycles. The molecule has 0 fully saturated rings. The largest absolute Gasteiger partial charge is 0.299 e. The molecule has 17 heavy (non-hydrogen) atoms. The Kier molecular flexibility index (Phi) is 6.14. The molecule has 96 valence electrons. The second-order valence-corrected chi connectivity index (χ2v) is 5.49. The van der Waals surface area contributed by atoms with Crippen molar-refractivity contribution in [2.45, 2.75) is 33.7 Å². The van der Waals surface area contributed by atoms with Crippen LogP contribution in [0.4, 0.5) is 4.39 Å². The highest BCUT2D eigenvalue weighted by Crippen LogP contribution is 2.17. The van der Waals surface area contributed by atoms with Crippen LogP contribution in [0.25, 0.3) is 0 Å². The average Bonchev–Trinajstić information content (AvgIpc) is 2.31. The van der Waals surface area contributed by atoms with Crippen molar-refractivity contribution in [2.75, 3.05) is 13.1 Å². The molecule has 0 aliphatic heterocycles. The van der Waals surface area contributed by atoms with Gasteiger partial charge in [-0.25, -0.2) is 4.39 Å². The van der Waals surface area contributed by atoms with Crippen molar-refractivity contribution in [3.05, 3.63) is 34.1 Å². The molecule has 3 heteroatoms. The lowest BCUT2D eigenvalue weighted by atomic mass is 10.1. The second-order valence-electron chi connectivity index (χ2n) is 4.58. The van der Waals surface area contributed by atoms with E-state index < -0.39 is 0 Å². The van der Waals surface area contributed by atoms with Crippen LogP contribution in [-0.4, -0.2) is 18.0 Å². The second kappa shape index (κ2) is 7.12. The van der Waals surface area contributed by atoms with Crippen molar-refractivity contribution < 1.29 is 4.39 Å². The highest BCUT2D eigenvalue weighted by Gasteiger charge is 2.10. The standard InChI is InChI=1S/C14H21BrFN/c1-4-11(3)9-17(5-2)10-12-6-7-13(15)8-14(12)16/h6-8,11H,4-5,9-10H2,1-3H3. The number of hydrogen-bond acceptors (Lipinski definition) is 1. The summed E-state index contributed by atoms with van der Waals surface area (Å²) in [6.07, 6.45) is 1.17. The maximum Gasteiger partial charge on any atom is 0.128 e. The van der Waals surface area contributed by atoms with Crippen LogP contribution < -0.4 is 0 Å². The molecular formula is C14H21BrFN. The molecule has 0 aromatic heterocycles. The van der Waals surface area contributed by atoms with Crippen LogP contribution in [-0.2, 0) is 6.54 Å². The zero-order valence-electron chi connectivity index (χ0n) is 10.8. The Morgan fingerprint density at radius 2 is 2.06 bits per heavy atom. The van der Waals surface area contributed by atoms with E-state index in [9.17, 15) is 4.39 Å².